The molecule has 0 bridgehead atoms. The molecule has 0 N–H and O–H groups in total. The molecule has 0 saturated carbocycles. The fourth-order valence-electron chi connectivity index (χ4n) is 4.41. The maximum Gasteiger partial charge on any atom is 0.274 e. The van der Waals surface area contributed by atoms with E-state index in [1.165, 1.54) is 0 Å². The van der Waals surface area contributed by atoms with Gasteiger partial charge in [-0.05, 0) is 37.1 Å². The minimum absolute atomic E-state index is 0.0449. The summed E-state index contributed by atoms with van der Waals surface area (Å²) in [7, 11) is 5.07. The van der Waals surface area contributed by atoms with Gasteiger partial charge >= 0.3 is 0 Å². The van der Waals surface area contributed by atoms with Crippen LogP contribution in [0.1, 0.15) is 35.1 Å². The predicted octanol–water partition coefficient (Wildman–Crippen LogP) is 3.17. The summed E-state index contributed by atoms with van der Waals surface area (Å²) in [5.74, 6) is 2.14. The van der Waals surface area contributed by atoms with Gasteiger partial charge in [0.25, 0.3) is 5.91 Å². The first-order valence-electron chi connectivity index (χ1n) is 10.9. The Morgan fingerprint density at radius 3 is 2.73 bits per heavy atom. The summed E-state index contributed by atoms with van der Waals surface area (Å²) in [4.78, 5) is 19.5. The monoisotopic (exact) mass is 446 g/mol. The van der Waals surface area contributed by atoms with Gasteiger partial charge in [0.1, 0.15) is 5.69 Å². The maximum atomic E-state index is 12.9. The van der Waals surface area contributed by atoms with Gasteiger partial charge in [-0.25, -0.2) is 9.50 Å². The van der Waals surface area contributed by atoms with Crippen LogP contribution in [0.15, 0.2) is 48.8 Å². The molecule has 1 amide bonds. The number of carbonyl (C=O) groups excluding carboxylic acids is 1. The number of para-hydroxylation sites is 1. The highest BCUT2D eigenvalue weighted by atomic mass is 16.5. The van der Waals surface area contributed by atoms with Crippen molar-refractivity contribution >= 4 is 11.6 Å². The molecule has 170 valence electrons. The van der Waals surface area contributed by atoms with E-state index in [0.29, 0.717) is 23.7 Å². The molecular formula is C24H26N6O3. The van der Waals surface area contributed by atoms with Crippen LogP contribution in [0.4, 0.5) is 0 Å². The zero-order valence-electron chi connectivity index (χ0n) is 18.9. The summed E-state index contributed by atoms with van der Waals surface area (Å²) in [6, 6.07) is 11.5. The molecule has 0 radical (unpaired) electrons. The number of fused-ring (bicyclic) bond motifs is 1. The van der Waals surface area contributed by atoms with E-state index in [-0.39, 0.29) is 11.8 Å². The van der Waals surface area contributed by atoms with Crippen molar-refractivity contribution in [3.05, 3.63) is 60.3 Å². The van der Waals surface area contributed by atoms with E-state index in [1.54, 1.807) is 35.7 Å². The predicted molar refractivity (Wildman–Crippen MR) is 123 cm³/mol. The van der Waals surface area contributed by atoms with E-state index in [4.69, 9.17) is 19.6 Å². The highest BCUT2D eigenvalue weighted by Crippen LogP contribution is 2.37. The molecule has 1 aliphatic heterocycles. The number of nitrogens with zero attached hydrogens (tertiary/aromatic N) is 6. The topological polar surface area (TPSA) is 86.8 Å². The van der Waals surface area contributed by atoms with Crippen LogP contribution >= 0.6 is 0 Å². The third-order valence-corrected chi connectivity index (χ3v) is 6.07. The SMILES string of the molecule is COc1cccc(-c2ccc3nc(C4CCCN(C(=O)c5ccn(C)n5)C4)nn3c2)c1OC. The number of carbonyl (C=O) groups is 1. The lowest BCUT2D eigenvalue weighted by Gasteiger charge is -2.30. The molecule has 0 spiro atoms. The third kappa shape index (κ3) is 3.90. The molecule has 4 heterocycles. The van der Waals surface area contributed by atoms with Gasteiger partial charge < -0.3 is 14.4 Å². The van der Waals surface area contributed by atoms with Crippen LogP contribution < -0.4 is 9.47 Å². The summed E-state index contributed by atoms with van der Waals surface area (Å²) >= 11 is 0. The molecule has 4 aromatic rings. The van der Waals surface area contributed by atoms with Crippen LogP contribution in [0.2, 0.25) is 0 Å². The van der Waals surface area contributed by atoms with E-state index < -0.39 is 0 Å². The number of likely N-dealkylation sites (tertiary alicyclic amines) is 1. The average molecular weight is 447 g/mol. The molecule has 1 fully saturated rings. The van der Waals surface area contributed by atoms with Gasteiger partial charge in [0, 0.05) is 49.6 Å². The van der Waals surface area contributed by atoms with Crippen LogP contribution in [0.3, 0.4) is 0 Å². The van der Waals surface area contributed by atoms with Crippen molar-refractivity contribution in [2.24, 2.45) is 7.05 Å². The first kappa shape index (κ1) is 21.0. The van der Waals surface area contributed by atoms with Crippen molar-refractivity contribution in [3.8, 4) is 22.6 Å². The molecule has 3 aromatic heterocycles. The van der Waals surface area contributed by atoms with Crippen LogP contribution in [0.25, 0.3) is 16.8 Å². The van der Waals surface area contributed by atoms with Crippen LogP contribution in [-0.2, 0) is 7.05 Å². The molecule has 5 rings (SSSR count). The largest absolute Gasteiger partial charge is 0.493 e. The van der Waals surface area contributed by atoms with E-state index in [2.05, 4.69) is 5.10 Å². The van der Waals surface area contributed by atoms with Crippen molar-refractivity contribution in [2.45, 2.75) is 18.8 Å². The van der Waals surface area contributed by atoms with Gasteiger partial charge in [0.05, 0.1) is 14.2 Å². The highest BCUT2D eigenvalue weighted by molar-refractivity contribution is 5.92. The fourth-order valence-corrected chi connectivity index (χ4v) is 4.41. The Labute approximate surface area is 191 Å². The van der Waals surface area contributed by atoms with Crippen molar-refractivity contribution in [3.63, 3.8) is 0 Å². The summed E-state index contributed by atoms with van der Waals surface area (Å²) in [6.07, 6.45) is 5.58. The number of aryl methyl sites for hydroxylation is 1. The molecule has 9 heteroatoms. The van der Waals surface area contributed by atoms with Gasteiger partial charge in [-0.15, -0.1) is 0 Å². The Kier molecular flexibility index (Phi) is 5.45. The summed E-state index contributed by atoms with van der Waals surface area (Å²) in [6.45, 7) is 1.31. The number of ether oxygens (including phenoxy) is 2. The Hall–Kier alpha value is -3.88. The van der Waals surface area contributed by atoms with Crippen LogP contribution in [0.5, 0.6) is 11.5 Å². The van der Waals surface area contributed by atoms with E-state index in [0.717, 1.165) is 42.0 Å². The third-order valence-electron chi connectivity index (χ3n) is 6.07. The summed E-state index contributed by atoms with van der Waals surface area (Å²) in [5.41, 5.74) is 3.10. The minimum Gasteiger partial charge on any atom is -0.493 e. The standard InChI is InChI=1S/C24H26N6O3/c1-28-13-11-19(26-28)24(31)29-12-5-6-17(14-29)23-25-21-10-9-16(15-30(21)27-23)18-7-4-8-20(32-2)22(18)33-3/h4,7-11,13,15,17H,5-6,12,14H2,1-3H3. The zero-order chi connectivity index (χ0) is 22.9. The number of benzene rings is 1. The van der Waals surface area contributed by atoms with E-state index in [1.807, 2.05) is 48.5 Å². The molecule has 9 nitrogen and oxygen atoms in total. The summed E-state index contributed by atoms with van der Waals surface area (Å²) < 4.78 is 14.5. The number of piperidine rings is 1. The number of aromatic nitrogens is 5. The molecule has 1 aromatic carbocycles. The number of pyridine rings is 1. The number of rotatable bonds is 5. The fraction of sp³-hybridized carbons (Fsp3) is 0.333. The van der Waals surface area contributed by atoms with Gasteiger partial charge in [-0.3, -0.25) is 9.48 Å². The van der Waals surface area contributed by atoms with E-state index >= 15 is 0 Å². The first-order valence-corrected chi connectivity index (χ1v) is 10.9. The van der Waals surface area contributed by atoms with Crippen molar-refractivity contribution in [2.75, 3.05) is 27.3 Å². The molecule has 1 atom stereocenters. The highest BCUT2D eigenvalue weighted by Gasteiger charge is 2.29. The molecule has 0 aliphatic carbocycles. The molecule has 33 heavy (non-hydrogen) atoms. The van der Waals surface area contributed by atoms with Gasteiger partial charge in [0.15, 0.2) is 23.0 Å². The second-order valence-electron chi connectivity index (χ2n) is 8.20. The van der Waals surface area contributed by atoms with Crippen molar-refractivity contribution in [1.82, 2.24) is 29.3 Å². The molecular weight excluding hydrogens is 420 g/mol. The number of methoxy groups -OCH3 is 2. The lowest BCUT2D eigenvalue weighted by Crippen LogP contribution is -2.39. The van der Waals surface area contributed by atoms with Crippen LogP contribution in [0, 0.1) is 0 Å². The second kappa shape index (κ2) is 8.57. The smallest absolute Gasteiger partial charge is 0.274 e. The van der Waals surface area contributed by atoms with Gasteiger partial charge in [-0.1, -0.05) is 12.1 Å². The average Bonchev–Trinajstić information content (AvgIpc) is 3.48. The lowest BCUT2D eigenvalue weighted by molar-refractivity contribution is 0.0698. The Bertz CT molecular complexity index is 1310. The lowest BCUT2D eigenvalue weighted by atomic mass is 9.97. The van der Waals surface area contributed by atoms with E-state index in [9.17, 15) is 4.79 Å². The normalized spacial score (nSPS) is 16.2. The maximum absolute atomic E-state index is 12.9. The van der Waals surface area contributed by atoms with Gasteiger partial charge in [-0.2, -0.15) is 10.2 Å². The molecule has 1 saturated heterocycles. The molecule has 1 unspecified atom stereocenters. The number of hydrogen-bond acceptors (Lipinski definition) is 6. The number of hydrogen-bond donors (Lipinski definition) is 0. The molecule has 1 aliphatic rings. The Morgan fingerprint density at radius 1 is 1.09 bits per heavy atom. The minimum atomic E-state index is -0.0449. The quantitative estimate of drug-likeness (QED) is 0.468. The number of amides is 1. The Morgan fingerprint density at radius 2 is 1.97 bits per heavy atom. The van der Waals surface area contributed by atoms with Gasteiger partial charge in [0.2, 0.25) is 0 Å². The summed E-state index contributed by atoms with van der Waals surface area (Å²) in [5, 5.41) is 9.02. The zero-order valence-corrected chi connectivity index (χ0v) is 18.9. The first-order chi connectivity index (χ1) is 16.1. The van der Waals surface area contributed by atoms with Crippen LogP contribution in [-0.4, -0.2) is 62.5 Å². The van der Waals surface area contributed by atoms with Crippen molar-refractivity contribution in [1.29, 1.82) is 0 Å². The second-order valence-corrected chi connectivity index (χ2v) is 8.20. The Balaban J connectivity index is 1.42. The van der Waals surface area contributed by atoms with Crippen molar-refractivity contribution < 1.29 is 14.3 Å².